The topological polar surface area (TPSA) is 105 Å². The van der Waals surface area contributed by atoms with Crippen LogP contribution < -0.4 is 16.2 Å². The molecule has 1 aromatic carbocycles. The van der Waals surface area contributed by atoms with Crippen molar-refractivity contribution < 1.29 is 10.0 Å². The molecule has 1 aromatic rings. The number of aliphatic hydroxyl groups is 1. The lowest BCUT2D eigenvalue weighted by molar-refractivity contribution is -0.384. The van der Waals surface area contributed by atoms with Crippen LogP contribution in [0.3, 0.4) is 0 Å². The molecule has 1 atom stereocenters. The highest BCUT2D eigenvalue weighted by Gasteiger charge is 2.14. The van der Waals surface area contributed by atoms with E-state index in [1.54, 1.807) is 18.0 Å². The van der Waals surface area contributed by atoms with E-state index in [1.165, 1.54) is 12.1 Å². The number of nitro groups is 1. The molecule has 0 bridgehead atoms. The second-order valence-corrected chi connectivity index (χ2v) is 3.78. The number of aliphatic hydroxyl groups excluding tert-OH is 1. The first-order valence-electron chi connectivity index (χ1n) is 5.09. The van der Waals surface area contributed by atoms with Gasteiger partial charge in [-0.3, -0.25) is 16.0 Å². The van der Waals surface area contributed by atoms with E-state index in [4.69, 9.17) is 10.9 Å². The number of hydrogen-bond acceptors (Lipinski definition) is 6. The molecular weight excluding hydrogens is 224 g/mol. The van der Waals surface area contributed by atoms with Crippen LogP contribution in [0.2, 0.25) is 0 Å². The van der Waals surface area contributed by atoms with Crippen molar-refractivity contribution in [2.75, 3.05) is 24.0 Å². The molecule has 0 saturated heterocycles. The summed E-state index contributed by atoms with van der Waals surface area (Å²) in [5.41, 5.74) is 3.40. The standard InChI is InChI=1S/C10H16N4O3/c1-7(6-15)13(2)9-3-8(12-11)4-10(5-9)14(16)17/h3-5,7,12,15H,6,11H2,1-2H3. The molecule has 0 aliphatic heterocycles. The van der Waals surface area contributed by atoms with Gasteiger partial charge in [-0.2, -0.15) is 0 Å². The van der Waals surface area contributed by atoms with Crippen LogP contribution in [0.1, 0.15) is 6.92 Å². The molecule has 0 fully saturated rings. The molecule has 0 radical (unpaired) electrons. The van der Waals surface area contributed by atoms with Crippen molar-refractivity contribution in [1.82, 2.24) is 0 Å². The zero-order chi connectivity index (χ0) is 13.0. The molecule has 4 N–H and O–H groups in total. The molecule has 7 heteroatoms. The highest BCUT2D eigenvalue weighted by atomic mass is 16.6. The molecule has 0 heterocycles. The summed E-state index contributed by atoms with van der Waals surface area (Å²) in [4.78, 5) is 12.0. The largest absolute Gasteiger partial charge is 0.394 e. The number of nitrogen functional groups attached to an aromatic ring is 1. The number of rotatable bonds is 5. The van der Waals surface area contributed by atoms with E-state index in [1.807, 2.05) is 6.92 Å². The Morgan fingerprint density at radius 1 is 1.59 bits per heavy atom. The minimum Gasteiger partial charge on any atom is -0.394 e. The Morgan fingerprint density at radius 3 is 2.71 bits per heavy atom. The van der Waals surface area contributed by atoms with Crippen molar-refractivity contribution in [3.63, 3.8) is 0 Å². The molecule has 1 rings (SSSR count). The quantitative estimate of drug-likeness (QED) is 0.397. The summed E-state index contributed by atoms with van der Waals surface area (Å²) in [6.45, 7) is 1.78. The number of hydrazine groups is 1. The summed E-state index contributed by atoms with van der Waals surface area (Å²) < 4.78 is 0. The number of nitro benzene ring substituents is 1. The van der Waals surface area contributed by atoms with Gasteiger partial charge in [0.25, 0.3) is 5.69 Å². The molecule has 0 spiro atoms. The Morgan fingerprint density at radius 2 is 2.24 bits per heavy atom. The van der Waals surface area contributed by atoms with Crippen LogP contribution >= 0.6 is 0 Å². The molecule has 0 amide bonds. The van der Waals surface area contributed by atoms with Crippen LogP contribution in [0.4, 0.5) is 17.1 Å². The van der Waals surface area contributed by atoms with Crippen molar-refractivity contribution >= 4 is 17.1 Å². The number of likely N-dealkylation sites (N-methyl/N-ethyl adjacent to an activating group) is 1. The van der Waals surface area contributed by atoms with Crippen molar-refractivity contribution in [3.8, 4) is 0 Å². The first-order chi connectivity index (χ1) is 7.99. The highest BCUT2D eigenvalue weighted by molar-refractivity contribution is 5.64. The van der Waals surface area contributed by atoms with Gasteiger partial charge in [0.15, 0.2) is 0 Å². The van der Waals surface area contributed by atoms with E-state index in [2.05, 4.69) is 5.43 Å². The number of benzene rings is 1. The molecule has 1 unspecified atom stereocenters. The van der Waals surface area contributed by atoms with Gasteiger partial charge in [-0.05, 0) is 13.0 Å². The number of non-ortho nitro benzene ring substituents is 1. The van der Waals surface area contributed by atoms with Crippen molar-refractivity contribution in [2.24, 2.45) is 5.84 Å². The first kappa shape index (κ1) is 13.2. The van der Waals surface area contributed by atoms with E-state index in [-0.39, 0.29) is 18.3 Å². The Labute approximate surface area is 99.0 Å². The number of anilines is 2. The third-order valence-electron chi connectivity index (χ3n) is 2.61. The van der Waals surface area contributed by atoms with E-state index in [9.17, 15) is 10.1 Å². The average molecular weight is 240 g/mol. The fourth-order valence-corrected chi connectivity index (χ4v) is 1.36. The van der Waals surface area contributed by atoms with E-state index in [0.717, 1.165) is 0 Å². The first-order valence-corrected chi connectivity index (χ1v) is 5.09. The number of nitrogens with zero attached hydrogens (tertiary/aromatic N) is 2. The van der Waals surface area contributed by atoms with Gasteiger partial charge in [-0.15, -0.1) is 0 Å². The second-order valence-electron chi connectivity index (χ2n) is 3.78. The van der Waals surface area contributed by atoms with Gasteiger partial charge in [0.1, 0.15) is 0 Å². The van der Waals surface area contributed by atoms with Crippen LogP contribution in [0.25, 0.3) is 0 Å². The summed E-state index contributed by atoms with van der Waals surface area (Å²) in [6.07, 6.45) is 0. The number of nitrogens with two attached hydrogens (primary N) is 1. The van der Waals surface area contributed by atoms with Crippen molar-refractivity contribution in [1.29, 1.82) is 0 Å². The predicted octanol–water partition coefficient (Wildman–Crippen LogP) is 0.697. The maximum Gasteiger partial charge on any atom is 0.273 e. The molecule has 0 aliphatic carbocycles. The molecular formula is C10H16N4O3. The summed E-state index contributed by atoms with van der Waals surface area (Å²) in [5, 5.41) is 19.8. The Kier molecular flexibility index (Phi) is 4.24. The molecule has 7 nitrogen and oxygen atoms in total. The molecule has 0 aromatic heterocycles. The van der Waals surface area contributed by atoms with Gasteiger partial charge < -0.3 is 15.4 Å². The minimum atomic E-state index is -0.484. The van der Waals surface area contributed by atoms with Gasteiger partial charge in [0, 0.05) is 30.9 Å². The van der Waals surface area contributed by atoms with E-state index >= 15 is 0 Å². The predicted molar refractivity (Wildman–Crippen MR) is 65.9 cm³/mol. The summed E-state index contributed by atoms with van der Waals surface area (Å²) in [5.74, 6) is 5.26. The summed E-state index contributed by atoms with van der Waals surface area (Å²) in [6, 6.07) is 4.33. The van der Waals surface area contributed by atoms with Gasteiger partial charge in [0.2, 0.25) is 0 Å². The normalized spacial score (nSPS) is 12.0. The van der Waals surface area contributed by atoms with Gasteiger partial charge in [-0.1, -0.05) is 0 Å². The molecule has 94 valence electrons. The summed E-state index contributed by atoms with van der Waals surface area (Å²) >= 11 is 0. The lowest BCUT2D eigenvalue weighted by atomic mass is 10.2. The van der Waals surface area contributed by atoms with Crippen LogP contribution in [-0.4, -0.2) is 29.7 Å². The second kappa shape index (κ2) is 5.46. The SMILES string of the molecule is CC(CO)N(C)c1cc(NN)cc([N+](=O)[O-])c1. The maximum absolute atomic E-state index is 10.8. The van der Waals surface area contributed by atoms with Crippen molar-refractivity contribution in [2.45, 2.75) is 13.0 Å². The van der Waals surface area contributed by atoms with Gasteiger partial charge in [-0.25, -0.2) is 0 Å². The van der Waals surface area contributed by atoms with Crippen LogP contribution in [0, 0.1) is 10.1 Å². The Hall–Kier alpha value is -1.86. The number of nitrogens with one attached hydrogen (secondary N) is 1. The van der Waals surface area contributed by atoms with E-state index in [0.29, 0.717) is 11.4 Å². The Bertz CT molecular complexity index is 411. The average Bonchev–Trinajstić information content (AvgIpc) is 2.36. The zero-order valence-electron chi connectivity index (χ0n) is 9.75. The van der Waals surface area contributed by atoms with E-state index < -0.39 is 4.92 Å². The monoisotopic (exact) mass is 240 g/mol. The molecule has 17 heavy (non-hydrogen) atoms. The third kappa shape index (κ3) is 3.05. The molecule has 0 saturated carbocycles. The maximum atomic E-state index is 10.8. The van der Waals surface area contributed by atoms with Crippen molar-refractivity contribution in [3.05, 3.63) is 28.3 Å². The Balaban J connectivity index is 3.14. The smallest absolute Gasteiger partial charge is 0.273 e. The van der Waals surface area contributed by atoms with Gasteiger partial charge in [0.05, 0.1) is 17.2 Å². The third-order valence-corrected chi connectivity index (χ3v) is 2.61. The van der Waals surface area contributed by atoms with Crippen LogP contribution in [-0.2, 0) is 0 Å². The lowest BCUT2D eigenvalue weighted by Crippen LogP contribution is -2.31. The fourth-order valence-electron chi connectivity index (χ4n) is 1.36. The van der Waals surface area contributed by atoms with Crippen LogP contribution in [0.15, 0.2) is 18.2 Å². The number of hydrogen-bond donors (Lipinski definition) is 3. The lowest BCUT2D eigenvalue weighted by Gasteiger charge is -2.25. The summed E-state index contributed by atoms with van der Waals surface area (Å²) in [7, 11) is 1.75. The molecule has 0 aliphatic rings. The highest BCUT2D eigenvalue weighted by Crippen LogP contribution is 2.26. The van der Waals surface area contributed by atoms with Gasteiger partial charge >= 0.3 is 0 Å². The zero-order valence-corrected chi connectivity index (χ0v) is 9.75. The van der Waals surface area contributed by atoms with Crippen LogP contribution in [0.5, 0.6) is 0 Å². The fraction of sp³-hybridized carbons (Fsp3) is 0.400. The minimum absolute atomic E-state index is 0.0371.